The molecule has 24 heavy (non-hydrogen) atoms. The molecule has 1 aromatic rings. The third-order valence-corrected chi connectivity index (χ3v) is 5.56. The van der Waals surface area contributed by atoms with E-state index in [0.717, 1.165) is 38.0 Å². The first-order valence-corrected chi connectivity index (χ1v) is 8.54. The van der Waals surface area contributed by atoms with E-state index in [9.17, 15) is 9.50 Å². The van der Waals surface area contributed by atoms with Crippen LogP contribution in [0.5, 0.6) is 5.75 Å². The van der Waals surface area contributed by atoms with Gasteiger partial charge in [-0.1, -0.05) is 6.07 Å². The third-order valence-electron chi connectivity index (χ3n) is 5.56. The Hall–Kier alpha value is -1.21. The Morgan fingerprint density at radius 1 is 1.33 bits per heavy atom. The number of aliphatic hydroxyl groups excluding tert-OH is 2. The Morgan fingerprint density at radius 3 is 2.71 bits per heavy atom. The predicted molar refractivity (Wildman–Crippen MR) is 87.3 cm³/mol. The van der Waals surface area contributed by atoms with Gasteiger partial charge in [-0.25, -0.2) is 4.39 Å². The lowest BCUT2D eigenvalue weighted by Crippen LogP contribution is -2.62. The molecule has 3 rings (SSSR count). The van der Waals surface area contributed by atoms with Gasteiger partial charge in [0.15, 0.2) is 11.6 Å². The van der Waals surface area contributed by atoms with Crippen LogP contribution in [0.4, 0.5) is 4.39 Å². The zero-order valence-corrected chi connectivity index (χ0v) is 14.1. The molecule has 2 atom stereocenters. The number of benzene rings is 1. The molecule has 2 N–H and O–H groups in total. The summed E-state index contributed by atoms with van der Waals surface area (Å²) in [4.78, 5) is 2.31. The van der Waals surface area contributed by atoms with Crippen molar-refractivity contribution in [1.82, 2.24) is 4.90 Å². The zero-order chi connectivity index (χ0) is 17.2. The van der Waals surface area contributed by atoms with E-state index in [1.54, 1.807) is 12.1 Å². The Balaban J connectivity index is 1.57. The van der Waals surface area contributed by atoms with Crippen molar-refractivity contribution < 1.29 is 24.1 Å². The highest BCUT2D eigenvalue weighted by Crippen LogP contribution is 2.51. The summed E-state index contributed by atoms with van der Waals surface area (Å²) in [5.41, 5.74) is 0.859. The second-order valence-electron chi connectivity index (χ2n) is 6.81. The van der Waals surface area contributed by atoms with Crippen LogP contribution in [-0.4, -0.2) is 60.7 Å². The fourth-order valence-corrected chi connectivity index (χ4v) is 4.00. The van der Waals surface area contributed by atoms with Crippen LogP contribution in [0.2, 0.25) is 0 Å². The van der Waals surface area contributed by atoms with Crippen LogP contribution >= 0.6 is 0 Å². The van der Waals surface area contributed by atoms with E-state index in [1.165, 1.54) is 13.2 Å². The van der Waals surface area contributed by atoms with E-state index in [1.807, 2.05) is 0 Å². The lowest BCUT2D eigenvalue weighted by molar-refractivity contribution is -0.213. The van der Waals surface area contributed by atoms with Gasteiger partial charge in [0.2, 0.25) is 0 Å². The summed E-state index contributed by atoms with van der Waals surface area (Å²) < 4.78 is 24.2. The van der Waals surface area contributed by atoms with Gasteiger partial charge in [-0.2, -0.15) is 0 Å². The number of methoxy groups -OCH3 is 1. The molecule has 2 aliphatic rings. The van der Waals surface area contributed by atoms with Crippen molar-refractivity contribution in [2.24, 2.45) is 5.41 Å². The van der Waals surface area contributed by atoms with E-state index >= 15 is 0 Å². The molecule has 0 unspecified atom stereocenters. The molecule has 0 aromatic heterocycles. The summed E-state index contributed by atoms with van der Waals surface area (Å²) >= 11 is 0. The summed E-state index contributed by atoms with van der Waals surface area (Å²) in [6.45, 7) is 2.83. The van der Waals surface area contributed by atoms with Crippen molar-refractivity contribution in [1.29, 1.82) is 0 Å². The van der Waals surface area contributed by atoms with Crippen molar-refractivity contribution in [2.75, 3.05) is 33.4 Å². The minimum absolute atomic E-state index is 0.0151. The number of ether oxygens (including phenoxy) is 2. The van der Waals surface area contributed by atoms with Gasteiger partial charge < -0.3 is 19.7 Å². The number of aliphatic hydroxyl groups is 2. The molecule has 1 saturated carbocycles. The van der Waals surface area contributed by atoms with Crippen LogP contribution in [0.1, 0.15) is 24.8 Å². The van der Waals surface area contributed by atoms with Crippen molar-refractivity contribution in [3.05, 3.63) is 29.6 Å². The summed E-state index contributed by atoms with van der Waals surface area (Å²) in [6, 6.07) is 4.96. The second-order valence-corrected chi connectivity index (χ2v) is 6.81. The van der Waals surface area contributed by atoms with Gasteiger partial charge >= 0.3 is 0 Å². The lowest BCUT2D eigenvalue weighted by Gasteiger charge is -2.56. The van der Waals surface area contributed by atoms with Crippen LogP contribution in [0, 0.1) is 11.2 Å². The van der Waals surface area contributed by atoms with Gasteiger partial charge in [0.25, 0.3) is 0 Å². The monoisotopic (exact) mass is 339 g/mol. The highest BCUT2D eigenvalue weighted by atomic mass is 19.1. The van der Waals surface area contributed by atoms with Gasteiger partial charge in [0, 0.05) is 18.4 Å². The van der Waals surface area contributed by atoms with Crippen LogP contribution < -0.4 is 4.74 Å². The Bertz CT molecular complexity index is 560. The van der Waals surface area contributed by atoms with Gasteiger partial charge in [-0.05, 0) is 43.6 Å². The normalized spacial score (nSPS) is 26.3. The minimum Gasteiger partial charge on any atom is -0.494 e. The molecule has 1 aliphatic heterocycles. The molecule has 0 bridgehead atoms. The predicted octanol–water partition coefficient (Wildman–Crippen LogP) is 1.56. The van der Waals surface area contributed by atoms with E-state index < -0.39 is 0 Å². The Morgan fingerprint density at radius 2 is 2.08 bits per heavy atom. The molecular weight excluding hydrogens is 313 g/mol. The van der Waals surface area contributed by atoms with Crippen LogP contribution in [0.25, 0.3) is 0 Å². The van der Waals surface area contributed by atoms with Crippen LogP contribution in [0.3, 0.4) is 0 Å². The maximum atomic E-state index is 13.5. The molecule has 6 heteroatoms. The zero-order valence-electron chi connectivity index (χ0n) is 14.1. The molecule has 1 saturated heterocycles. The van der Waals surface area contributed by atoms with Gasteiger partial charge in [-0.3, -0.25) is 4.90 Å². The van der Waals surface area contributed by atoms with E-state index in [4.69, 9.17) is 14.6 Å². The fraction of sp³-hybridized carbons (Fsp3) is 0.667. The quantitative estimate of drug-likeness (QED) is 0.824. The number of nitrogens with zero attached hydrogens (tertiary/aromatic N) is 1. The van der Waals surface area contributed by atoms with Gasteiger partial charge in [-0.15, -0.1) is 0 Å². The summed E-state index contributed by atoms with van der Waals surface area (Å²) in [6.07, 6.45) is 2.15. The number of hydrogen-bond acceptors (Lipinski definition) is 5. The summed E-state index contributed by atoms with van der Waals surface area (Å²) in [5, 5.41) is 19.2. The number of likely N-dealkylation sites (tertiary alicyclic amines) is 1. The Kier molecular flexibility index (Phi) is 5.39. The first-order chi connectivity index (χ1) is 11.6. The SMILES string of the molecule is COc1cc(CN2CCC3(CC2)[C@H](O)C[C@@H]3OCCO)ccc1F. The molecule has 1 heterocycles. The molecule has 1 spiro atoms. The maximum Gasteiger partial charge on any atom is 0.165 e. The van der Waals surface area contributed by atoms with E-state index in [2.05, 4.69) is 4.90 Å². The van der Waals surface area contributed by atoms with Crippen LogP contribution in [-0.2, 0) is 11.3 Å². The number of halogens is 1. The lowest BCUT2D eigenvalue weighted by atomic mass is 9.58. The van der Waals surface area contributed by atoms with E-state index in [0.29, 0.717) is 13.0 Å². The summed E-state index contributed by atoms with van der Waals surface area (Å²) in [5.74, 6) is -0.0758. The van der Waals surface area contributed by atoms with Gasteiger partial charge in [0.05, 0.1) is 32.5 Å². The molecule has 134 valence electrons. The largest absolute Gasteiger partial charge is 0.494 e. The smallest absolute Gasteiger partial charge is 0.165 e. The molecule has 0 radical (unpaired) electrons. The minimum atomic E-state index is -0.347. The summed E-state index contributed by atoms with van der Waals surface area (Å²) in [7, 11) is 1.47. The van der Waals surface area contributed by atoms with Crippen molar-refractivity contribution in [3.8, 4) is 5.75 Å². The van der Waals surface area contributed by atoms with Crippen molar-refractivity contribution in [2.45, 2.75) is 38.0 Å². The molecule has 1 aromatic carbocycles. The standard InChI is InChI=1S/C18H26FNO4/c1-23-15-10-13(2-3-14(15)19)12-20-6-4-18(5-7-20)16(22)11-17(18)24-9-8-21/h2-3,10,16-17,21-22H,4-9,11-12H2,1H3/t16-,17+/m1/s1. The average molecular weight is 339 g/mol. The molecule has 0 amide bonds. The maximum absolute atomic E-state index is 13.5. The highest BCUT2D eigenvalue weighted by molar-refractivity contribution is 5.30. The topological polar surface area (TPSA) is 62.2 Å². The van der Waals surface area contributed by atoms with E-state index in [-0.39, 0.29) is 35.8 Å². The third kappa shape index (κ3) is 3.28. The van der Waals surface area contributed by atoms with Crippen LogP contribution in [0.15, 0.2) is 18.2 Å². The molecule has 2 fully saturated rings. The number of piperidine rings is 1. The number of rotatable bonds is 6. The van der Waals surface area contributed by atoms with Crippen molar-refractivity contribution >= 4 is 0 Å². The number of hydrogen-bond donors (Lipinski definition) is 2. The highest BCUT2D eigenvalue weighted by Gasteiger charge is 2.55. The molecular formula is C18H26FNO4. The molecule has 1 aliphatic carbocycles. The second kappa shape index (κ2) is 7.35. The first kappa shape index (κ1) is 17.6. The fourth-order valence-electron chi connectivity index (χ4n) is 4.00. The van der Waals surface area contributed by atoms with Gasteiger partial charge in [0.1, 0.15) is 0 Å². The first-order valence-electron chi connectivity index (χ1n) is 8.54. The molecule has 5 nitrogen and oxygen atoms in total. The van der Waals surface area contributed by atoms with Crippen molar-refractivity contribution in [3.63, 3.8) is 0 Å². The average Bonchev–Trinajstić information content (AvgIpc) is 2.60. The Labute approximate surface area is 142 Å².